The topological polar surface area (TPSA) is 146 Å². The molecule has 0 saturated carbocycles. The Labute approximate surface area is 350 Å². The molecule has 12 nitrogen and oxygen atoms in total. The van der Waals surface area contributed by atoms with Crippen LogP contribution < -0.4 is 20.3 Å². The molecular weight excluding hydrogens is 810 g/mol. The maximum absolute atomic E-state index is 15.6. The number of anilines is 3. The Morgan fingerprint density at radius 3 is 2.49 bits per heavy atom. The van der Waals surface area contributed by atoms with Gasteiger partial charge < -0.3 is 15.0 Å². The zero-order valence-corrected chi connectivity index (χ0v) is 34.4. The zero-order valence-electron chi connectivity index (χ0n) is 32.0. The molecule has 1 saturated heterocycles. The van der Waals surface area contributed by atoms with Gasteiger partial charge in [-0.1, -0.05) is 59.9 Å². The lowest BCUT2D eigenvalue weighted by Crippen LogP contribution is -2.39. The summed E-state index contributed by atoms with van der Waals surface area (Å²) >= 11 is 3.06. The number of carbonyl (C=O) groups excluding carboxylic acids is 2. The van der Waals surface area contributed by atoms with Gasteiger partial charge in [-0.15, -0.1) is 11.8 Å². The highest BCUT2D eigenvalue weighted by Crippen LogP contribution is 2.30. The van der Waals surface area contributed by atoms with Crippen molar-refractivity contribution < 1.29 is 27.1 Å². The van der Waals surface area contributed by atoms with Crippen molar-refractivity contribution in [2.75, 3.05) is 60.7 Å². The quantitative estimate of drug-likeness (QED) is 0.0969. The monoisotopic (exact) mass is 851 g/mol. The number of carbonyl (C=O) groups is 2. The number of aromatic nitrogens is 2. The molecule has 4 heterocycles. The molecule has 8 rings (SSSR count). The van der Waals surface area contributed by atoms with Gasteiger partial charge in [-0.2, -0.15) is 0 Å². The summed E-state index contributed by atoms with van der Waals surface area (Å²) in [5.74, 6) is -0.873. The van der Waals surface area contributed by atoms with Gasteiger partial charge in [-0.25, -0.2) is 27.5 Å². The number of halogens is 1. The first kappa shape index (κ1) is 40.4. The summed E-state index contributed by atoms with van der Waals surface area (Å²) in [6.45, 7) is 4.75. The van der Waals surface area contributed by atoms with Gasteiger partial charge in [0, 0.05) is 55.0 Å². The maximum Gasteiger partial charge on any atom is 0.283 e. The highest BCUT2D eigenvalue weighted by atomic mass is 32.2. The summed E-state index contributed by atoms with van der Waals surface area (Å²) in [5, 5.41) is 6.75. The number of fused-ring (bicyclic) bond motifs is 2. The molecule has 0 radical (unpaired) electrons. The van der Waals surface area contributed by atoms with Crippen molar-refractivity contribution in [2.24, 2.45) is 0 Å². The van der Waals surface area contributed by atoms with Crippen LogP contribution in [0.4, 0.5) is 21.0 Å². The second-order valence-electron chi connectivity index (χ2n) is 14.2. The Balaban J connectivity index is 0.922. The number of amides is 2. The Hall–Kier alpha value is -5.39. The highest BCUT2D eigenvalue weighted by Gasteiger charge is 2.26. The summed E-state index contributed by atoms with van der Waals surface area (Å²) in [4.78, 5) is 40.9. The van der Waals surface area contributed by atoms with E-state index in [0.717, 1.165) is 58.4 Å². The minimum Gasteiger partial charge on any atom is -0.379 e. The van der Waals surface area contributed by atoms with Crippen LogP contribution in [0.1, 0.15) is 38.4 Å². The first-order valence-electron chi connectivity index (χ1n) is 19.3. The van der Waals surface area contributed by atoms with Gasteiger partial charge in [-0.05, 0) is 84.6 Å². The van der Waals surface area contributed by atoms with E-state index < -0.39 is 26.6 Å². The van der Waals surface area contributed by atoms with Gasteiger partial charge in [0.1, 0.15) is 17.3 Å². The van der Waals surface area contributed by atoms with Crippen LogP contribution in [0.25, 0.3) is 10.2 Å². The number of nitrogens with zero attached hydrogens (tertiary/aromatic N) is 4. The molecule has 59 heavy (non-hydrogen) atoms. The van der Waals surface area contributed by atoms with Crippen molar-refractivity contribution in [3.8, 4) is 0 Å². The average molecular weight is 852 g/mol. The fourth-order valence-electron chi connectivity index (χ4n) is 7.11. The van der Waals surface area contributed by atoms with Gasteiger partial charge in [0.25, 0.3) is 21.8 Å². The number of hydrogen-bond acceptors (Lipinski definition) is 12. The number of morpholine rings is 1. The molecule has 1 atom stereocenters. The van der Waals surface area contributed by atoms with Crippen LogP contribution in [0, 0.1) is 5.82 Å². The molecule has 2 aliphatic rings. The van der Waals surface area contributed by atoms with E-state index in [1.54, 1.807) is 30.0 Å². The van der Waals surface area contributed by atoms with Crippen LogP contribution in [-0.2, 0) is 27.7 Å². The Morgan fingerprint density at radius 2 is 1.68 bits per heavy atom. The van der Waals surface area contributed by atoms with Crippen molar-refractivity contribution in [2.45, 2.75) is 35.2 Å². The molecule has 16 heteroatoms. The average Bonchev–Trinajstić information content (AvgIpc) is 3.67. The van der Waals surface area contributed by atoms with Crippen molar-refractivity contribution in [1.82, 2.24) is 19.6 Å². The molecule has 2 aromatic heterocycles. The second kappa shape index (κ2) is 18.3. The predicted molar refractivity (Wildman–Crippen MR) is 231 cm³/mol. The van der Waals surface area contributed by atoms with E-state index >= 15 is 4.39 Å². The van der Waals surface area contributed by atoms with Gasteiger partial charge in [0.05, 0.1) is 34.0 Å². The van der Waals surface area contributed by atoms with E-state index in [0.29, 0.717) is 55.0 Å². The minimum atomic E-state index is -4.47. The summed E-state index contributed by atoms with van der Waals surface area (Å²) in [5.41, 5.74) is 3.22. The number of thiazole rings is 1. The van der Waals surface area contributed by atoms with E-state index in [4.69, 9.17) is 4.74 Å². The minimum absolute atomic E-state index is 0.111. The van der Waals surface area contributed by atoms with E-state index in [2.05, 4.69) is 30.2 Å². The zero-order chi connectivity index (χ0) is 40.8. The molecule has 0 bridgehead atoms. The fraction of sp³-hybridized carbons (Fsp3) is 0.256. The van der Waals surface area contributed by atoms with Gasteiger partial charge in [-0.3, -0.25) is 19.8 Å². The van der Waals surface area contributed by atoms with Crippen LogP contribution in [0.15, 0.2) is 119 Å². The molecule has 0 spiro atoms. The Kier molecular flexibility index (Phi) is 12.5. The number of hydrogen-bond donors (Lipinski definition) is 3. The number of nitrogens with one attached hydrogen (secondary N) is 3. The van der Waals surface area contributed by atoms with Gasteiger partial charge in [0.15, 0.2) is 5.13 Å². The number of benzene rings is 4. The SMILES string of the molecule is O=C(NS(=O)(=O)c1ccc(N[C@H](CCN2CCOCC2)CSc2ccccc2)c(F)c1)c1cccc(N2CCc3cccc(C(=O)Nc4nc5ccccc5s4)c3C2)n1. The first-order valence-corrected chi connectivity index (χ1v) is 22.6. The highest BCUT2D eigenvalue weighted by molar-refractivity contribution is 7.99. The standard InChI is InChI=1S/C43H42FN7O5S3/c44-35-26-32(16-17-36(35)45-30(19-20-50-22-24-56-25-23-50)28-57-31-9-2-1-3-10-31)59(54,55)49-42(53)38-13-7-15-40(46-38)51-21-18-29-8-6-11-33(34(29)27-51)41(52)48-43-47-37-12-4-5-14-39(37)58-43/h1-17,26,30,45H,18-25,27-28H2,(H,49,53)(H,47,48,52)/t30-/m1/s1. The number of sulfonamides is 1. The van der Waals surface area contributed by atoms with Gasteiger partial charge in [0.2, 0.25) is 0 Å². The van der Waals surface area contributed by atoms with Crippen molar-refractivity contribution in [1.29, 1.82) is 0 Å². The van der Waals surface area contributed by atoms with E-state index in [-0.39, 0.29) is 23.3 Å². The third kappa shape index (κ3) is 9.91. The maximum atomic E-state index is 15.6. The Morgan fingerprint density at radius 1 is 0.881 bits per heavy atom. The number of rotatable bonds is 14. The van der Waals surface area contributed by atoms with Gasteiger partial charge >= 0.3 is 0 Å². The third-order valence-corrected chi connectivity index (χ3v) is 13.7. The van der Waals surface area contributed by atoms with E-state index in [9.17, 15) is 18.0 Å². The lowest BCUT2D eigenvalue weighted by molar-refractivity contribution is 0.0370. The number of pyridine rings is 1. The van der Waals surface area contributed by atoms with Crippen LogP contribution >= 0.6 is 23.1 Å². The molecule has 6 aromatic rings. The molecule has 0 unspecified atom stereocenters. The normalized spacial score (nSPS) is 15.0. The fourth-order valence-corrected chi connectivity index (χ4v) is 9.94. The lowest BCUT2D eigenvalue weighted by Gasteiger charge is -2.31. The molecule has 0 aliphatic carbocycles. The predicted octanol–water partition coefficient (Wildman–Crippen LogP) is 7.06. The van der Waals surface area contributed by atoms with Crippen molar-refractivity contribution in [3.05, 3.63) is 137 Å². The third-order valence-electron chi connectivity index (χ3n) is 10.3. The van der Waals surface area contributed by atoms with Crippen molar-refractivity contribution in [3.63, 3.8) is 0 Å². The molecule has 1 fully saturated rings. The smallest absolute Gasteiger partial charge is 0.283 e. The number of ether oxygens (including phenoxy) is 1. The molecular formula is C43H42FN7O5S3. The molecule has 3 N–H and O–H groups in total. The van der Waals surface area contributed by atoms with E-state index in [1.807, 2.05) is 71.6 Å². The van der Waals surface area contributed by atoms with Crippen molar-refractivity contribution >= 4 is 71.8 Å². The summed E-state index contributed by atoms with van der Waals surface area (Å²) in [6, 6.07) is 31.5. The summed E-state index contributed by atoms with van der Waals surface area (Å²) in [6.07, 6.45) is 1.37. The van der Waals surface area contributed by atoms with E-state index in [1.165, 1.54) is 29.5 Å². The second-order valence-corrected chi connectivity index (χ2v) is 18.0. The molecule has 2 aliphatic heterocycles. The van der Waals surface area contributed by atoms with Crippen LogP contribution in [0.2, 0.25) is 0 Å². The largest absolute Gasteiger partial charge is 0.379 e. The number of para-hydroxylation sites is 1. The van der Waals surface area contributed by atoms with Crippen LogP contribution in [-0.4, -0.2) is 86.3 Å². The molecule has 2 amide bonds. The number of thioether (sulfide) groups is 1. The van der Waals surface area contributed by atoms with Crippen LogP contribution in [0.3, 0.4) is 0 Å². The molecule has 4 aromatic carbocycles. The Bertz CT molecular complexity index is 2540. The molecule has 304 valence electrons. The van der Waals surface area contributed by atoms with Crippen LogP contribution in [0.5, 0.6) is 0 Å². The first-order chi connectivity index (χ1) is 28.7. The summed E-state index contributed by atoms with van der Waals surface area (Å²) in [7, 11) is -4.47. The lowest BCUT2D eigenvalue weighted by atomic mass is 9.94. The summed E-state index contributed by atoms with van der Waals surface area (Å²) < 4.78 is 51.0.